The molecule has 0 aliphatic rings. The fourth-order valence-corrected chi connectivity index (χ4v) is 6.08. The van der Waals surface area contributed by atoms with Gasteiger partial charge in [0.1, 0.15) is 11.6 Å². The molecule has 0 aliphatic heterocycles. The molecule has 3 heterocycles. The van der Waals surface area contributed by atoms with Crippen molar-refractivity contribution in [1.29, 1.82) is 0 Å². The van der Waals surface area contributed by atoms with Crippen LogP contribution in [0.4, 0.5) is 17.2 Å². The number of aromatic nitrogens is 3. The standard InChI is InChI=1S/C42H33N4O.Pt/c1-29-11-10-12-30(2)42(29)34-27-38(45-39(28-34)37-15-6-7-16-40(37)47)33-24-32(23-31-18-21-43-22-19-31)25-36(26-33)46(35-13-4-3-5-14-35)41-17-8-9-20-44-41;/h3-22,24-25,27-28,47H,23H2,1-2H3;/q-1;. The Bertz CT molecular complexity index is 2100. The average Bonchev–Trinajstić information content (AvgIpc) is 3.10. The number of nitrogens with zero attached hydrogens (tertiary/aromatic N) is 4. The van der Waals surface area contributed by atoms with E-state index in [4.69, 9.17) is 9.97 Å². The predicted octanol–water partition coefficient (Wildman–Crippen LogP) is 10.1. The summed E-state index contributed by atoms with van der Waals surface area (Å²) in [7, 11) is 0. The molecule has 0 amide bonds. The van der Waals surface area contributed by atoms with E-state index in [2.05, 4.69) is 84.4 Å². The van der Waals surface area contributed by atoms with Crippen LogP contribution in [-0.4, -0.2) is 20.1 Å². The summed E-state index contributed by atoms with van der Waals surface area (Å²) in [5.74, 6) is 0.972. The number of rotatable bonds is 8. The van der Waals surface area contributed by atoms with Gasteiger partial charge in [-0.15, -0.1) is 29.3 Å². The molecule has 0 fully saturated rings. The van der Waals surface area contributed by atoms with Crippen LogP contribution in [0.2, 0.25) is 0 Å². The number of anilines is 3. The summed E-state index contributed by atoms with van der Waals surface area (Å²) in [4.78, 5) is 16.3. The molecule has 238 valence electrons. The van der Waals surface area contributed by atoms with Crippen molar-refractivity contribution in [1.82, 2.24) is 15.0 Å². The van der Waals surface area contributed by atoms with Crippen LogP contribution in [0.3, 0.4) is 0 Å². The minimum atomic E-state index is 0. The first kappa shape index (κ1) is 32.6. The van der Waals surface area contributed by atoms with Gasteiger partial charge in [0.2, 0.25) is 0 Å². The number of pyridine rings is 3. The van der Waals surface area contributed by atoms with Gasteiger partial charge >= 0.3 is 0 Å². The summed E-state index contributed by atoms with van der Waals surface area (Å²) in [5.41, 5.74) is 11.6. The molecule has 7 aromatic rings. The van der Waals surface area contributed by atoms with Gasteiger partial charge in [-0.05, 0) is 114 Å². The number of para-hydroxylation sites is 2. The van der Waals surface area contributed by atoms with E-state index < -0.39 is 0 Å². The van der Waals surface area contributed by atoms with Crippen molar-refractivity contribution in [2.24, 2.45) is 0 Å². The number of hydrogen-bond donors (Lipinski definition) is 1. The van der Waals surface area contributed by atoms with Crippen LogP contribution in [0.1, 0.15) is 22.3 Å². The van der Waals surface area contributed by atoms with Gasteiger partial charge in [0.05, 0.1) is 5.69 Å². The molecule has 0 saturated heterocycles. The zero-order valence-electron chi connectivity index (χ0n) is 26.6. The quantitative estimate of drug-likeness (QED) is 0.155. The fourth-order valence-electron chi connectivity index (χ4n) is 6.08. The minimum Gasteiger partial charge on any atom is -0.507 e. The molecular formula is C42H33N4OPt-. The number of phenols is 1. The fraction of sp³-hybridized carbons (Fsp3) is 0.0714. The Hall–Kier alpha value is -5.38. The van der Waals surface area contributed by atoms with Gasteiger partial charge < -0.3 is 10.0 Å². The molecule has 0 unspecified atom stereocenters. The molecule has 0 bridgehead atoms. The molecule has 5 nitrogen and oxygen atoms in total. The number of aryl methyl sites for hydroxylation is 2. The molecule has 48 heavy (non-hydrogen) atoms. The normalized spacial score (nSPS) is 10.7. The molecule has 3 aromatic heterocycles. The Morgan fingerprint density at radius 3 is 2.10 bits per heavy atom. The van der Waals surface area contributed by atoms with Gasteiger partial charge in [-0.2, -0.15) is 0 Å². The van der Waals surface area contributed by atoms with Crippen molar-refractivity contribution in [2.45, 2.75) is 20.3 Å². The van der Waals surface area contributed by atoms with Gasteiger partial charge in [-0.25, -0.2) is 4.98 Å². The van der Waals surface area contributed by atoms with E-state index in [1.54, 1.807) is 12.3 Å². The second kappa shape index (κ2) is 14.6. The third-order valence-corrected chi connectivity index (χ3v) is 8.26. The Balaban J connectivity index is 0.00000401. The average molecular weight is 805 g/mol. The number of phenolic OH excluding ortho intramolecular Hbond substituents is 1. The number of benzene rings is 4. The topological polar surface area (TPSA) is 62.1 Å². The SMILES string of the molecule is Cc1cccc(C)c1-c1cc(-c2[c-]c(N(c3ccccc3)c3ccccn3)cc(Cc3ccncc3)c2)nc(-c2ccccc2O)c1.[Pt]. The van der Waals surface area contributed by atoms with Gasteiger partial charge in [0.25, 0.3) is 0 Å². The first-order chi connectivity index (χ1) is 23.0. The summed E-state index contributed by atoms with van der Waals surface area (Å²) in [6.07, 6.45) is 6.15. The summed E-state index contributed by atoms with van der Waals surface area (Å²) >= 11 is 0. The summed E-state index contributed by atoms with van der Waals surface area (Å²) in [6, 6.07) is 46.2. The van der Waals surface area contributed by atoms with Crippen molar-refractivity contribution >= 4 is 17.2 Å². The maximum absolute atomic E-state index is 10.9. The number of aromatic hydroxyl groups is 1. The van der Waals surface area contributed by atoms with Crippen LogP contribution in [0, 0.1) is 19.9 Å². The molecule has 0 atom stereocenters. The van der Waals surface area contributed by atoms with Crippen molar-refractivity contribution in [2.75, 3.05) is 4.90 Å². The summed E-state index contributed by atoms with van der Waals surface area (Å²) in [6.45, 7) is 4.26. The number of hydrogen-bond acceptors (Lipinski definition) is 5. The first-order valence-corrected chi connectivity index (χ1v) is 15.6. The van der Waals surface area contributed by atoms with Crippen LogP contribution >= 0.6 is 0 Å². The zero-order chi connectivity index (χ0) is 32.2. The summed E-state index contributed by atoms with van der Waals surface area (Å²) < 4.78 is 0. The zero-order valence-corrected chi connectivity index (χ0v) is 28.9. The van der Waals surface area contributed by atoms with Crippen molar-refractivity contribution in [3.8, 4) is 39.4 Å². The smallest absolute Gasteiger partial charge is 0.136 e. The first-order valence-electron chi connectivity index (χ1n) is 15.6. The van der Waals surface area contributed by atoms with Gasteiger partial charge in [0, 0.05) is 50.9 Å². The molecule has 0 saturated carbocycles. The molecule has 4 aromatic carbocycles. The molecule has 0 spiro atoms. The monoisotopic (exact) mass is 804 g/mol. The van der Waals surface area contributed by atoms with Crippen molar-refractivity contribution in [3.63, 3.8) is 0 Å². The predicted molar refractivity (Wildman–Crippen MR) is 190 cm³/mol. The van der Waals surface area contributed by atoms with Crippen LogP contribution in [0.25, 0.3) is 33.6 Å². The Labute approximate surface area is 295 Å². The third kappa shape index (κ3) is 6.97. The van der Waals surface area contributed by atoms with E-state index in [1.165, 1.54) is 11.1 Å². The Kier molecular flexibility index (Phi) is 9.89. The molecular weight excluding hydrogens is 772 g/mol. The van der Waals surface area contributed by atoms with Gasteiger partial charge in [-0.1, -0.05) is 60.7 Å². The second-order valence-electron chi connectivity index (χ2n) is 11.6. The molecule has 0 aliphatic carbocycles. The van der Waals surface area contributed by atoms with Crippen LogP contribution in [0.15, 0.2) is 146 Å². The summed E-state index contributed by atoms with van der Waals surface area (Å²) in [5, 5.41) is 10.9. The van der Waals surface area contributed by atoms with E-state index in [9.17, 15) is 5.11 Å². The van der Waals surface area contributed by atoms with Crippen LogP contribution in [-0.2, 0) is 27.5 Å². The molecule has 0 radical (unpaired) electrons. The van der Waals surface area contributed by atoms with E-state index in [0.717, 1.165) is 50.7 Å². The Morgan fingerprint density at radius 2 is 1.38 bits per heavy atom. The largest absolute Gasteiger partial charge is 0.507 e. The third-order valence-electron chi connectivity index (χ3n) is 8.26. The van der Waals surface area contributed by atoms with E-state index in [0.29, 0.717) is 17.7 Å². The van der Waals surface area contributed by atoms with Gasteiger partial charge in [0.15, 0.2) is 0 Å². The van der Waals surface area contributed by atoms with Crippen molar-refractivity contribution in [3.05, 3.63) is 174 Å². The maximum Gasteiger partial charge on any atom is 0.136 e. The second-order valence-corrected chi connectivity index (χ2v) is 11.6. The van der Waals surface area contributed by atoms with E-state index >= 15 is 0 Å². The molecule has 7 rings (SSSR count). The van der Waals surface area contributed by atoms with Gasteiger partial charge in [-0.3, -0.25) is 9.97 Å². The van der Waals surface area contributed by atoms with Crippen LogP contribution < -0.4 is 4.90 Å². The minimum absolute atomic E-state index is 0. The Morgan fingerprint density at radius 1 is 0.667 bits per heavy atom. The molecule has 1 N–H and O–H groups in total. The van der Waals surface area contributed by atoms with E-state index in [-0.39, 0.29) is 26.8 Å². The maximum atomic E-state index is 10.9. The van der Waals surface area contributed by atoms with E-state index in [1.807, 2.05) is 79.1 Å². The van der Waals surface area contributed by atoms with Crippen molar-refractivity contribution < 1.29 is 26.2 Å². The van der Waals surface area contributed by atoms with Crippen LogP contribution in [0.5, 0.6) is 5.75 Å². The molecule has 6 heteroatoms.